The van der Waals surface area contributed by atoms with Crippen LogP contribution >= 0.6 is 24.0 Å². The molecule has 2 aliphatic heterocycles. The monoisotopic (exact) mass is 478 g/mol. The second-order valence-corrected chi connectivity index (χ2v) is 8.83. The number of ether oxygens (including phenoxy) is 1. The highest BCUT2D eigenvalue weighted by molar-refractivity contribution is 14.0. The summed E-state index contributed by atoms with van der Waals surface area (Å²) in [4.78, 5) is 7.44. The van der Waals surface area contributed by atoms with Crippen molar-refractivity contribution in [3.8, 4) is 0 Å². The van der Waals surface area contributed by atoms with Crippen LogP contribution < -0.4 is 10.6 Å². The summed E-state index contributed by atoms with van der Waals surface area (Å²) in [6.45, 7) is 15.6. The van der Waals surface area contributed by atoms with E-state index in [0.717, 1.165) is 38.0 Å². The second kappa shape index (κ2) is 9.92. The minimum Gasteiger partial charge on any atom is -0.377 e. The molecule has 1 aliphatic carbocycles. The van der Waals surface area contributed by atoms with Gasteiger partial charge >= 0.3 is 0 Å². The number of nitrogens with zero attached hydrogens (tertiary/aromatic N) is 2. The van der Waals surface area contributed by atoms with Crippen molar-refractivity contribution in [2.24, 2.45) is 22.2 Å². The number of fused-ring (bicyclic) bond motifs is 1. The number of nitrogens with one attached hydrogen (secondary N) is 2. The van der Waals surface area contributed by atoms with Gasteiger partial charge in [-0.25, -0.2) is 0 Å². The van der Waals surface area contributed by atoms with Crippen LogP contribution in [0.3, 0.4) is 0 Å². The van der Waals surface area contributed by atoms with Crippen LogP contribution in [0, 0.1) is 17.3 Å². The number of piperidine rings is 1. The molecule has 1 saturated carbocycles. The summed E-state index contributed by atoms with van der Waals surface area (Å²) in [6.07, 6.45) is 5.46. The van der Waals surface area contributed by atoms with Gasteiger partial charge in [0.1, 0.15) is 0 Å². The first kappa shape index (κ1) is 22.2. The van der Waals surface area contributed by atoms with Gasteiger partial charge in [-0.1, -0.05) is 20.8 Å². The topological polar surface area (TPSA) is 48.9 Å². The van der Waals surface area contributed by atoms with Crippen LogP contribution in [0.1, 0.15) is 53.4 Å². The first-order valence-corrected chi connectivity index (χ1v) is 10.4. The maximum absolute atomic E-state index is 5.91. The Morgan fingerprint density at radius 2 is 1.96 bits per heavy atom. The summed E-state index contributed by atoms with van der Waals surface area (Å²) < 4.78 is 5.91. The molecule has 5 nitrogen and oxygen atoms in total. The average molecular weight is 478 g/mol. The van der Waals surface area contributed by atoms with Crippen LogP contribution in [0.5, 0.6) is 0 Å². The number of hydrogen-bond acceptors (Lipinski definition) is 3. The lowest BCUT2D eigenvalue weighted by atomic mass is 9.57. The number of guanidine groups is 1. The SMILES string of the molecule is CCNC(=NCCCN1CCC(C)CC1)NC1C2CCOC2C1(C)C.I. The predicted molar refractivity (Wildman–Crippen MR) is 119 cm³/mol. The van der Waals surface area contributed by atoms with E-state index in [9.17, 15) is 0 Å². The molecule has 3 unspecified atom stereocenters. The molecule has 0 spiro atoms. The van der Waals surface area contributed by atoms with Crippen LogP contribution in [-0.2, 0) is 4.74 Å². The van der Waals surface area contributed by atoms with E-state index in [1.54, 1.807) is 0 Å². The van der Waals surface area contributed by atoms with Gasteiger partial charge in [0.25, 0.3) is 0 Å². The Balaban J connectivity index is 0.00000243. The van der Waals surface area contributed by atoms with E-state index >= 15 is 0 Å². The number of aliphatic imine (C=N–C) groups is 1. The van der Waals surface area contributed by atoms with Crippen molar-refractivity contribution < 1.29 is 4.74 Å². The highest BCUT2D eigenvalue weighted by Gasteiger charge is 2.59. The molecule has 3 atom stereocenters. The van der Waals surface area contributed by atoms with E-state index in [1.807, 2.05) is 0 Å². The Morgan fingerprint density at radius 3 is 2.65 bits per heavy atom. The maximum Gasteiger partial charge on any atom is 0.191 e. The summed E-state index contributed by atoms with van der Waals surface area (Å²) in [5, 5.41) is 7.13. The zero-order chi connectivity index (χ0) is 17.9. The van der Waals surface area contributed by atoms with Gasteiger partial charge in [-0.2, -0.15) is 0 Å². The molecule has 3 fully saturated rings. The molecule has 0 bridgehead atoms. The third-order valence-electron chi connectivity index (χ3n) is 6.52. The van der Waals surface area contributed by atoms with E-state index in [2.05, 4.69) is 43.2 Å². The van der Waals surface area contributed by atoms with Crippen molar-refractivity contribution in [3.63, 3.8) is 0 Å². The highest BCUT2D eigenvalue weighted by Crippen LogP contribution is 2.52. The smallest absolute Gasteiger partial charge is 0.191 e. The number of rotatable bonds is 6. The first-order chi connectivity index (χ1) is 12.0. The van der Waals surface area contributed by atoms with Crippen LogP contribution in [0.2, 0.25) is 0 Å². The van der Waals surface area contributed by atoms with Gasteiger partial charge in [-0.05, 0) is 58.2 Å². The molecule has 0 radical (unpaired) electrons. The molecule has 0 aromatic rings. The predicted octanol–water partition coefficient (Wildman–Crippen LogP) is 3.10. The van der Waals surface area contributed by atoms with E-state index in [-0.39, 0.29) is 29.4 Å². The Kier molecular flexibility index (Phi) is 8.47. The molecule has 0 aromatic heterocycles. The molecule has 152 valence electrons. The van der Waals surface area contributed by atoms with Gasteiger partial charge in [0, 0.05) is 37.1 Å². The van der Waals surface area contributed by atoms with Gasteiger partial charge in [-0.15, -0.1) is 24.0 Å². The lowest BCUT2D eigenvalue weighted by Crippen LogP contribution is -2.68. The molecule has 2 heterocycles. The molecule has 26 heavy (non-hydrogen) atoms. The third kappa shape index (κ3) is 5.04. The maximum atomic E-state index is 5.91. The second-order valence-electron chi connectivity index (χ2n) is 8.83. The normalized spacial score (nSPS) is 31.7. The molecule has 0 aromatic carbocycles. The molecule has 2 N–H and O–H groups in total. The van der Waals surface area contributed by atoms with Crippen molar-refractivity contribution in [3.05, 3.63) is 0 Å². The summed E-state index contributed by atoms with van der Waals surface area (Å²) in [5.41, 5.74) is 0.196. The fourth-order valence-corrected chi connectivity index (χ4v) is 4.86. The summed E-state index contributed by atoms with van der Waals surface area (Å²) in [6, 6.07) is 0.474. The number of likely N-dealkylation sites (tertiary alicyclic amines) is 1. The van der Waals surface area contributed by atoms with Gasteiger partial charge in [-0.3, -0.25) is 4.99 Å². The Morgan fingerprint density at radius 1 is 1.23 bits per heavy atom. The lowest BCUT2D eigenvalue weighted by Gasteiger charge is -2.54. The fraction of sp³-hybridized carbons (Fsp3) is 0.950. The minimum absolute atomic E-state index is 0. The lowest BCUT2D eigenvalue weighted by molar-refractivity contribution is -0.106. The Bertz CT molecular complexity index is 463. The zero-order valence-electron chi connectivity index (χ0n) is 17.1. The zero-order valence-corrected chi connectivity index (χ0v) is 19.4. The number of hydrogen-bond donors (Lipinski definition) is 2. The molecule has 6 heteroatoms. The molecular formula is C20H39IN4O. The molecule has 3 rings (SSSR count). The summed E-state index contributed by atoms with van der Waals surface area (Å²) >= 11 is 0. The quantitative estimate of drug-likeness (QED) is 0.267. The summed E-state index contributed by atoms with van der Waals surface area (Å²) in [5.74, 6) is 2.54. The third-order valence-corrected chi connectivity index (χ3v) is 6.52. The van der Waals surface area contributed by atoms with Gasteiger partial charge < -0.3 is 20.3 Å². The average Bonchev–Trinajstić information content (AvgIpc) is 3.05. The first-order valence-electron chi connectivity index (χ1n) is 10.4. The Hall–Kier alpha value is -0.0800. The molecule has 3 aliphatic rings. The summed E-state index contributed by atoms with van der Waals surface area (Å²) in [7, 11) is 0. The van der Waals surface area contributed by atoms with Gasteiger partial charge in [0.2, 0.25) is 0 Å². The van der Waals surface area contributed by atoms with Crippen molar-refractivity contribution in [2.75, 3.05) is 39.3 Å². The highest BCUT2D eigenvalue weighted by atomic mass is 127. The van der Waals surface area contributed by atoms with E-state index in [0.29, 0.717) is 18.1 Å². The minimum atomic E-state index is 0. The number of halogens is 1. The van der Waals surface area contributed by atoms with Crippen molar-refractivity contribution in [1.29, 1.82) is 0 Å². The van der Waals surface area contributed by atoms with Crippen LogP contribution in [0.15, 0.2) is 4.99 Å². The molecular weight excluding hydrogens is 439 g/mol. The van der Waals surface area contributed by atoms with Crippen molar-refractivity contribution in [1.82, 2.24) is 15.5 Å². The van der Waals surface area contributed by atoms with Crippen LogP contribution in [0.25, 0.3) is 0 Å². The van der Waals surface area contributed by atoms with Crippen molar-refractivity contribution in [2.45, 2.75) is 65.5 Å². The standard InChI is InChI=1S/C20H38N4O.HI/c1-5-21-19(22-10-6-11-24-12-7-15(2)8-13-24)23-17-16-9-14-25-18(16)20(17,3)4;/h15-18H,5-14H2,1-4H3,(H2,21,22,23);1H. The van der Waals surface area contributed by atoms with Gasteiger partial charge in [0.15, 0.2) is 5.96 Å². The largest absolute Gasteiger partial charge is 0.377 e. The molecule has 0 amide bonds. The van der Waals surface area contributed by atoms with Gasteiger partial charge in [0.05, 0.1) is 6.10 Å². The fourth-order valence-electron chi connectivity index (χ4n) is 4.86. The van der Waals surface area contributed by atoms with Crippen molar-refractivity contribution >= 4 is 29.9 Å². The van der Waals surface area contributed by atoms with E-state index in [1.165, 1.54) is 38.9 Å². The van der Waals surface area contributed by atoms with Crippen LogP contribution in [0.4, 0.5) is 0 Å². The molecule has 2 saturated heterocycles. The van der Waals surface area contributed by atoms with E-state index in [4.69, 9.17) is 9.73 Å². The Labute approximate surface area is 177 Å². The van der Waals surface area contributed by atoms with E-state index < -0.39 is 0 Å². The van der Waals surface area contributed by atoms with Crippen LogP contribution in [-0.4, -0.2) is 62.3 Å².